The maximum atomic E-state index is 12.5. The first kappa shape index (κ1) is 17.0. The third-order valence-electron chi connectivity index (χ3n) is 5.29. The Labute approximate surface area is 152 Å². The van der Waals surface area contributed by atoms with Gasteiger partial charge >= 0.3 is 0 Å². The molecule has 0 bridgehead atoms. The van der Waals surface area contributed by atoms with Gasteiger partial charge in [0.25, 0.3) is 5.91 Å². The van der Waals surface area contributed by atoms with E-state index < -0.39 is 0 Å². The SMILES string of the molecule is Cc1cnc(NCC[C@@H]2CCOC23CN(C(=O)c2ccn(C)n2)C3)nc1. The summed E-state index contributed by atoms with van der Waals surface area (Å²) >= 11 is 0. The molecule has 1 amide bonds. The molecule has 138 valence electrons. The highest BCUT2D eigenvalue weighted by Gasteiger charge is 2.54. The van der Waals surface area contributed by atoms with Gasteiger partial charge in [0.15, 0.2) is 0 Å². The van der Waals surface area contributed by atoms with Crippen molar-refractivity contribution in [2.24, 2.45) is 13.0 Å². The number of anilines is 1. The van der Waals surface area contributed by atoms with Gasteiger partial charge < -0.3 is 15.0 Å². The van der Waals surface area contributed by atoms with E-state index in [2.05, 4.69) is 20.4 Å². The summed E-state index contributed by atoms with van der Waals surface area (Å²) < 4.78 is 7.70. The molecule has 4 rings (SSSR count). The molecule has 1 N–H and O–H groups in total. The largest absolute Gasteiger partial charge is 0.371 e. The molecule has 8 heteroatoms. The van der Waals surface area contributed by atoms with Gasteiger partial charge in [0.2, 0.25) is 5.95 Å². The lowest BCUT2D eigenvalue weighted by molar-refractivity contribution is -0.117. The molecule has 2 aromatic heterocycles. The molecule has 1 atom stereocenters. The highest BCUT2D eigenvalue weighted by Crippen LogP contribution is 2.42. The van der Waals surface area contributed by atoms with E-state index in [1.807, 2.05) is 31.3 Å². The lowest BCUT2D eigenvalue weighted by atomic mass is 9.79. The van der Waals surface area contributed by atoms with Crippen molar-refractivity contribution in [3.63, 3.8) is 0 Å². The van der Waals surface area contributed by atoms with Crippen LogP contribution in [-0.2, 0) is 11.8 Å². The van der Waals surface area contributed by atoms with Crippen molar-refractivity contribution >= 4 is 11.9 Å². The normalized spacial score (nSPS) is 21.0. The Hall–Kier alpha value is -2.48. The van der Waals surface area contributed by atoms with Crippen LogP contribution in [0.3, 0.4) is 0 Å². The number of aromatic nitrogens is 4. The highest BCUT2D eigenvalue weighted by atomic mass is 16.5. The second-order valence-corrected chi connectivity index (χ2v) is 7.23. The van der Waals surface area contributed by atoms with Crippen molar-refractivity contribution in [2.45, 2.75) is 25.4 Å². The number of hydrogen-bond donors (Lipinski definition) is 1. The van der Waals surface area contributed by atoms with Crippen LogP contribution < -0.4 is 5.32 Å². The molecular formula is C18H24N6O2. The first-order valence-corrected chi connectivity index (χ1v) is 9.01. The molecule has 1 spiro atoms. The molecular weight excluding hydrogens is 332 g/mol. The van der Waals surface area contributed by atoms with Crippen molar-refractivity contribution in [1.82, 2.24) is 24.6 Å². The first-order valence-electron chi connectivity index (χ1n) is 9.01. The Bertz CT molecular complexity index is 781. The van der Waals surface area contributed by atoms with Crippen molar-refractivity contribution in [3.05, 3.63) is 35.9 Å². The van der Waals surface area contributed by atoms with E-state index in [0.717, 1.165) is 31.6 Å². The number of aryl methyl sites for hydroxylation is 2. The van der Waals surface area contributed by atoms with Gasteiger partial charge in [0.05, 0.1) is 13.1 Å². The van der Waals surface area contributed by atoms with Gasteiger partial charge in [0, 0.05) is 38.8 Å². The van der Waals surface area contributed by atoms with E-state index in [4.69, 9.17) is 4.74 Å². The molecule has 0 aliphatic carbocycles. The topological polar surface area (TPSA) is 85.2 Å². The zero-order valence-corrected chi connectivity index (χ0v) is 15.2. The summed E-state index contributed by atoms with van der Waals surface area (Å²) in [5, 5.41) is 7.47. The maximum Gasteiger partial charge on any atom is 0.274 e. The molecule has 2 fully saturated rings. The Morgan fingerprint density at radius 1 is 1.38 bits per heavy atom. The quantitative estimate of drug-likeness (QED) is 0.868. The fourth-order valence-corrected chi connectivity index (χ4v) is 3.82. The monoisotopic (exact) mass is 356 g/mol. The lowest BCUT2D eigenvalue weighted by Gasteiger charge is -2.50. The molecule has 26 heavy (non-hydrogen) atoms. The average Bonchev–Trinajstić information content (AvgIpc) is 3.21. The first-order chi connectivity index (χ1) is 12.6. The third kappa shape index (κ3) is 3.16. The van der Waals surface area contributed by atoms with Gasteiger partial charge in [-0.15, -0.1) is 0 Å². The van der Waals surface area contributed by atoms with Crippen LogP contribution >= 0.6 is 0 Å². The Kier molecular flexibility index (Phi) is 4.36. The van der Waals surface area contributed by atoms with Crippen molar-refractivity contribution in [1.29, 1.82) is 0 Å². The van der Waals surface area contributed by atoms with Gasteiger partial charge in [-0.2, -0.15) is 5.10 Å². The molecule has 0 saturated carbocycles. The molecule has 8 nitrogen and oxygen atoms in total. The molecule has 2 aliphatic rings. The predicted molar refractivity (Wildman–Crippen MR) is 95.8 cm³/mol. The number of likely N-dealkylation sites (tertiary alicyclic amines) is 1. The summed E-state index contributed by atoms with van der Waals surface area (Å²) in [6.45, 7) is 4.82. The van der Waals surface area contributed by atoms with Crippen molar-refractivity contribution in [3.8, 4) is 0 Å². The molecule has 2 aliphatic heterocycles. The minimum Gasteiger partial charge on any atom is -0.371 e. The number of hydrogen-bond acceptors (Lipinski definition) is 6. The maximum absolute atomic E-state index is 12.5. The van der Waals surface area contributed by atoms with Gasteiger partial charge in [-0.1, -0.05) is 0 Å². The number of ether oxygens (including phenoxy) is 1. The summed E-state index contributed by atoms with van der Waals surface area (Å²) in [5.41, 5.74) is 1.35. The van der Waals surface area contributed by atoms with Crippen molar-refractivity contribution < 1.29 is 9.53 Å². The molecule has 0 aromatic carbocycles. The number of carbonyl (C=O) groups is 1. The Morgan fingerprint density at radius 3 is 2.85 bits per heavy atom. The van der Waals surface area contributed by atoms with Crippen LogP contribution in [0.1, 0.15) is 28.9 Å². The summed E-state index contributed by atoms with van der Waals surface area (Å²) in [6, 6.07) is 1.76. The number of carbonyl (C=O) groups excluding carboxylic acids is 1. The smallest absolute Gasteiger partial charge is 0.274 e. The van der Waals surface area contributed by atoms with Gasteiger partial charge in [0.1, 0.15) is 11.3 Å². The second kappa shape index (κ2) is 6.68. The number of nitrogens with zero attached hydrogens (tertiary/aromatic N) is 5. The molecule has 2 saturated heterocycles. The third-order valence-corrected chi connectivity index (χ3v) is 5.29. The van der Waals surface area contributed by atoms with E-state index in [1.54, 1.807) is 16.9 Å². The highest BCUT2D eigenvalue weighted by molar-refractivity contribution is 5.93. The molecule has 4 heterocycles. The average molecular weight is 356 g/mol. The molecule has 0 unspecified atom stereocenters. The predicted octanol–water partition coefficient (Wildman–Crippen LogP) is 1.25. The van der Waals surface area contributed by atoms with E-state index in [0.29, 0.717) is 30.6 Å². The summed E-state index contributed by atoms with van der Waals surface area (Å²) in [6.07, 6.45) is 7.41. The van der Waals surface area contributed by atoms with E-state index >= 15 is 0 Å². The van der Waals surface area contributed by atoms with Crippen LogP contribution in [0, 0.1) is 12.8 Å². The number of nitrogens with one attached hydrogen (secondary N) is 1. The van der Waals surface area contributed by atoms with Crippen molar-refractivity contribution in [2.75, 3.05) is 31.6 Å². The van der Waals surface area contributed by atoms with Crippen LogP contribution in [0.4, 0.5) is 5.95 Å². The lowest BCUT2D eigenvalue weighted by Crippen LogP contribution is -2.66. The van der Waals surface area contributed by atoms with E-state index in [9.17, 15) is 4.79 Å². The summed E-state index contributed by atoms with van der Waals surface area (Å²) in [4.78, 5) is 22.8. The van der Waals surface area contributed by atoms with Crippen LogP contribution in [0.5, 0.6) is 0 Å². The fraction of sp³-hybridized carbons (Fsp3) is 0.556. The zero-order chi connectivity index (χ0) is 18.1. The summed E-state index contributed by atoms with van der Waals surface area (Å²) in [5.74, 6) is 1.08. The van der Waals surface area contributed by atoms with Crippen LogP contribution in [-0.4, -0.2) is 62.4 Å². The van der Waals surface area contributed by atoms with E-state index in [1.165, 1.54) is 0 Å². The Morgan fingerprint density at radius 2 is 2.15 bits per heavy atom. The fourth-order valence-electron chi connectivity index (χ4n) is 3.82. The van der Waals surface area contributed by atoms with Crippen LogP contribution in [0.15, 0.2) is 24.7 Å². The van der Waals surface area contributed by atoms with Gasteiger partial charge in [-0.05, 0) is 37.3 Å². The Balaban J connectivity index is 1.30. The van der Waals surface area contributed by atoms with Crippen LogP contribution in [0.25, 0.3) is 0 Å². The van der Waals surface area contributed by atoms with Gasteiger partial charge in [-0.3, -0.25) is 9.48 Å². The molecule has 0 radical (unpaired) electrons. The minimum absolute atomic E-state index is 0.0170. The zero-order valence-electron chi connectivity index (χ0n) is 15.2. The van der Waals surface area contributed by atoms with E-state index in [-0.39, 0.29) is 11.5 Å². The second-order valence-electron chi connectivity index (χ2n) is 7.23. The summed E-state index contributed by atoms with van der Waals surface area (Å²) in [7, 11) is 1.81. The number of rotatable bonds is 5. The minimum atomic E-state index is -0.194. The van der Waals surface area contributed by atoms with Crippen LogP contribution in [0.2, 0.25) is 0 Å². The number of amides is 1. The molecule has 2 aromatic rings. The standard InChI is InChI=1S/C18H24N6O2/c1-13-9-20-17(21-10-13)19-6-3-14-5-8-26-18(14)11-24(12-18)16(25)15-4-7-23(2)22-15/h4,7,9-10,14H,3,5-6,8,11-12H2,1-2H3,(H,19,20,21)/t14-/m1/s1. The van der Waals surface area contributed by atoms with Gasteiger partial charge in [-0.25, -0.2) is 9.97 Å².